The summed E-state index contributed by atoms with van der Waals surface area (Å²) in [6.07, 6.45) is 3.35. The molecule has 1 aromatic rings. The quantitative estimate of drug-likeness (QED) is 0.592. The first-order valence-corrected chi connectivity index (χ1v) is 5.32. The molecule has 1 rings (SSSR count). The first kappa shape index (κ1) is 12.3. The zero-order valence-electron chi connectivity index (χ0n) is 9.40. The van der Waals surface area contributed by atoms with Crippen molar-refractivity contribution >= 4 is 5.97 Å². The van der Waals surface area contributed by atoms with Crippen molar-refractivity contribution in [2.75, 3.05) is 0 Å². The van der Waals surface area contributed by atoms with E-state index in [0.717, 1.165) is 19.3 Å². The molecule has 0 aromatic heterocycles. The van der Waals surface area contributed by atoms with Gasteiger partial charge in [0.15, 0.2) is 0 Å². The highest BCUT2D eigenvalue weighted by Gasteiger charge is 2.05. The third-order valence-corrected chi connectivity index (χ3v) is 2.22. The second-order valence-electron chi connectivity index (χ2n) is 3.58. The van der Waals surface area contributed by atoms with Gasteiger partial charge >= 0.3 is 5.97 Å². The molecule has 86 valence electrons. The van der Waals surface area contributed by atoms with Gasteiger partial charge in [0.2, 0.25) is 5.76 Å². The molecule has 0 atom stereocenters. The minimum Gasteiger partial charge on any atom is -0.475 e. The van der Waals surface area contributed by atoms with E-state index in [9.17, 15) is 4.79 Å². The SMILES string of the molecule is C=C(Oc1ccc(CCCC)cc1)C(=O)O. The fraction of sp³-hybridized carbons (Fsp3) is 0.308. The standard InChI is InChI=1S/C13H16O3/c1-3-4-5-11-6-8-12(9-7-11)16-10(2)13(14)15/h6-9H,2-5H2,1H3,(H,14,15). The van der Waals surface area contributed by atoms with Gasteiger partial charge in [0.05, 0.1) is 0 Å². The van der Waals surface area contributed by atoms with Crippen LogP contribution in [0.25, 0.3) is 0 Å². The minimum absolute atomic E-state index is 0.263. The van der Waals surface area contributed by atoms with Gasteiger partial charge < -0.3 is 9.84 Å². The Morgan fingerprint density at radius 3 is 2.50 bits per heavy atom. The number of rotatable bonds is 6. The van der Waals surface area contributed by atoms with Gasteiger partial charge in [0.1, 0.15) is 5.75 Å². The Labute approximate surface area is 95.4 Å². The Balaban J connectivity index is 2.57. The molecular formula is C13H16O3. The third-order valence-electron chi connectivity index (χ3n) is 2.22. The van der Waals surface area contributed by atoms with Crippen molar-refractivity contribution in [3.05, 3.63) is 42.2 Å². The van der Waals surface area contributed by atoms with Gasteiger partial charge in [-0.05, 0) is 37.1 Å². The molecular weight excluding hydrogens is 204 g/mol. The molecule has 0 radical (unpaired) electrons. The number of aliphatic carboxylic acids is 1. The minimum atomic E-state index is -1.14. The molecule has 0 saturated heterocycles. The van der Waals surface area contributed by atoms with Crippen LogP contribution in [0.3, 0.4) is 0 Å². The van der Waals surface area contributed by atoms with E-state index in [0.29, 0.717) is 5.75 Å². The number of hydrogen-bond acceptors (Lipinski definition) is 2. The number of carboxylic acid groups (broad SMARTS) is 1. The van der Waals surface area contributed by atoms with Gasteiger partial charge in [0, 0.05) is 0 Å². The highest BCUT2D eigenvalue weighted by atomic mass is 16.5. The van der Waals surface area contributed by atoms with Gasteiger partial charge in [-0.2, -0.15) is 0 Å². The van der Waals surface area contributed by atoms with Crippen LogP contribution in [-0.4, -0.2) is 11.1 Å². The van der Waals surface area contributed by atoms with Gasteiger partial charge in [-0.15, -0.1) is 0 Å². The molecule has 0 spiro atoms. The summed E-state index contributed by atoms with van der Waals surface area (Å²) in [4.78, 5) is 10.5. The van der Waals surface area contributed by atoms with Crippen LogP contribution in [0.15, 0.2) is 36.6 Å². The molecule has 0 aliphatic heterocycles. The highest BCUT2D eigenvalue weighted by Crippen LogP contribution is 2.15. The van der Waals surface area contributed by atoms with Crippen molar-refractivity contribution in [2.24, 2.45) is 0 Å². The molecule has 1 aromatic carbocycles. The van der Waals surface area contributed by atoms with Crippen molar-refractivity contribution in [3.8, 4) is 5.75 Å². The zero-order chi connectivity index (χ0) is 12.0. The maximum Gasteiger partial charge on any atom is 0.371 e. The molecule has 3 heteroatoms. The molecule has 0 amide bonds. The number of hydrogen-bond donors (Lipinski definition) is 1. The summed E-state index contributed by atoms with van der Waals surface area (Å²) in [6.45, 7) is 5.45. The van der Waals surface area contributed by atoms with E-state index in [2.05, 4.69) is 13.5 Å². The zero-order valence-corrected chi connectivity index (χ0v) is 9.40. The average Bonchev–Trinajstić information content (AvgIpc) is 2.28. The Hall–Kier alpha value is -1.77. The molecule has 0 bridgehead atoms. The van der Waals surface area contributed by atoms with E-state index in [4.69, 9.17) is 9.84 Å². The summed E-state index contributed by atoms with van der Waals surface area (Å²) in [5.74, 6) is -0.899. The van der Waals surface area contributed by atoms with Crippen molar-refractivity contribution in [2.45, 2.75) is 26.2 Å². The average molecular weight is 220 g/mol. The lowest BCUT2D eigenvalue weighted by molar-refractivity contribution is -0.135. The Bertz CT molecular complexity index is 365. The maximum absolute atomic E-state index is 10.5. The largest absolute Gasteiger partial charge is 0.475 e. The lowest BCUT2D eigenvalue weighted by Gasteiger charge is -2.05. The van der Waals surface area contributed by atoms with E-state index >= 15 is 0 Å². The molecule has 0 heterocycles. The first-order valence-electron chi connectivity index (χ1n) is 5.32. The predicted molar refractivity (Wildman–Crippen MR) is 62.5 cm³/mol. The second-order valence-corrected chi connectivity index (χ2v) is 3.58. The predicted octanol–water partition coefficient (Wildman–Crippen LogP) is 3.01. The number of aryl methyl sites for hydroxylation is 1. The smallest absolute Gasteiger partial charge is 0.371 e. The summed E-state index contributed by atoms with van der Waals surface area (Å²) in [6, 6.07) is 7.42. The number of ether oxygens (including phenoxy) is 1. The molecule has 0 saturated carbocycles. The Morgan fingerprint density at radius 1 is 1.38 bits per heavy atom. The summed E-state index contributed by atoms with van der Waals surface area (Å²) in [7, 11) is 0. The number of carbonyl (C=O) groups is 1. The van der Waals surface area contributed by atoms with Gasteiger partial charge in [-0.1, -0.05) is 25.5 Å². The lowest BCUT2D eigenvalue weighted by Crippen LogP contribution is -2.05. The molecule has 3 nitrogen and oxygen atoms in total. The Kier molecular flexibility index (Phi) is 4.58. The van der Waals surface area contributed by atoms with Gasteiger partial charge in [-0.3, -0.25) is 0 Å². The number of benzene rings is 1. The highest BCUT2D eigenvalue weighted by molar-refractivity contribution is 5.83. The van der Waals surface area contributed by atoms with Crippen LogP contribution in [0.1, 0.15) is 25.3 Å². The second kappa shape index (κ2) is 5.95. The van der Waals surface area contributed by atoms with E-state index in [1.54, 1.807) is 12.1 Å². The van der Waals surface area contributed by atoms with E-state index in [1.807, 2.05) is 12.1 Å². The lowest BCUT2D eigenvalue weighted by atomic mass is 10.1. The normalized spacial score (nSPS) is 9.81. The summed E-state index contributed by atoms with van der Waals surface area (Å²) >= 11 is 0. The van der Waals surface area contributed by atoms with Crippen LogP contribution in [0.5, 0.6) is 5.75 Å². The fourth-order valence-corrected chi connectivity index (χ4v) is 1.29. The van der Waals surface area contributed by atoms with Crippen molar-refractivity contribution in [3.63, 3.8) is 0 Å². The third kappa shape index (κ3) is 3.77. The van der Waals surface area contributed by atoms with Crippen LogP contribution in [0.2, 0.25) is 0 Å². The Morgan fingerprint density at radius 2 is 2.00 bits per heavy atom. The monoisotopic (exact) mass is 220 g/mol. The first-order chi connectivity index (χ1) is 7.63. The molecule has 1 N–H and O–H groups in total. The topological polar surface area (TPSA) is 46.5 Å². The van der Waals surface area contributed by atoms with Crippen LogP contribution in [0, 0.1) is 0 Å². The summed E-state index contributed by atoms with van der Waals surface area (Å²) in [5, 5.41) is 8.59. The summed E-state index contributed by atoms with van der Waals surface area (Å²) < 4.78 is 5.04. The molecule has 0 unspecified atom stereocenters. The molecule has 16 heavy (non-hydrogen) atoms. The molecule has 0 aliphatic carbocycles. The summed E-state index contributed by atoms with van der Waals surface area (Å²) in [5.41, 5.74) is 1.23. The van der Waals surface area contributed by atoms with Crippen LogP contribution in [0.4, 0.5) is 0 Å². The van der Waals surface area contributed by atoms with Crippen LogP contribution < -0.4 is 4.74 Å². The van der Waals surface area contributed by atoms with Crippen LogP contribution in [-0.2, 0) is 11.2 Å². The van der Waals surface area contributed by atoms with Crippen molar-refractivity contribution < 1.29 is 14.6 Å². The number of carboxylic acids is 1. The van der Waals surface area contributed by atoms with E-state index in [1.165, 1.54) is 5.56 Å². The van der Waals surface area contributed by atoms with E-state index < -0.39 is 5.97 Å². The fourth-order valence-electron chi connectivity index (χ4n) is 1.29. The maximum atomic E-state index is 10.5. The van der Waals surface area contributed by atoms with Crippen LogP contribution >= 0.6 is 0 Å². The molecule has 0 aliphatic rings. The van der Waals surface area contributed by atoms with Gasteiger partial charge in [0.25, 0.3) is 0 Å². The van der Waals surface area contributed by atoms with Gasteiger partial charge in [-0.25, -0.2) is 4.79 Å². The molecule has 0 fully saturated rings. The van der Waals surface area contributed by atoms with Crippen molar-refractivity contribution in [1.82, 2.24) is 0 Å². The van der Waals surface area contributed by atoms with E-state index in [-0.39, 0.29) is 5.76 Å². The number of unbranched alkanes of at least 4 members (excludes halogenated alkanes) is 1. The van der Waals surface area contributed by atoms with Crippen molar-refractivity contribution in [1.29, 1.82) is 0 Å².